The topological polar surface area (TPSA) is 57.6 Å². The maximum Gasteiger partial charge on any atom is 0.147 e. The lowest BCUT2D eigenvalue weighted by molar-refractivity contribution is 0.0353. The van der Waals surface area contributed by atoms with Gasteiger partial charge in [-0.25, -0.2) is 8.42 Å². The van der Waals surface area contributed by atoms with E-state index in [1.165, 1.54) is 6.26 Å². The van der Waals surface area contributed by atoms with E-state index in [1.807, 2.05) is 6.92 Å². The van der Waals surface area contributed by atoms with Gasteiger partial charge in [-0.05, 0) is 25.3 Å². The van der Waals surface area contributed by atoms with Gasteiger partial charge in [0.1, 0.15) is 9.84 Å². The van der Waals surface area contributed by atoms with Gasteiger partial charge in [-0.1, -0.05) is 6.92 Å². The van der Waals surface area contributed by atoms with E-state index in [2.05, 4.69) is 4.90 Å². The number of piperidine rings is 1. The molecule has 0 amide bonds. The molecule has 1 saturated heterocycles. The molecule has 90 valence electrons. The second kappa shape index (κ2) is 5.27. The van der Waals surface area contributed by atoms with Crippen LogP contribution in [0.15, 0.2) is 0 Å². The number of hydrogen-bond acceptors (Lipinski definition) is 4. The Morgan fingerprint density at radius 1 is 1.47 bits per heavy atom. The van der Waals surface area contributed by atoms with Crippen molar-refractivity contribution >= 4 is 9.84 Å². The third-order valence-electron chi connectivity index (χ3n) is 2.93. The molecule has 1 aliphatic heterocycles. The average Bonchev–Trinajstić information content (AvgIpc) is 2.09. The maximum absolute atomic E-state index is 10.9. The minimum absolute atomic E-state index is 0.184. The molecule has 0 aromatic carbocycles. The van der Waals surface area contributed by atoms with Gasteiger partial charge in [0.2, 0.25) is 0 Å². The Kier molecular flexibility index (Phi) is 4.55. The molecule has 1 fully saturated rings. The Bertz CT molecular complexity index is 289. The second-order valence-electron chi connectivity index (χ2n) is 4.62. The zero-order valence-electron chi connectivity index (χ0n) is 9.52. The SMILES string of the molecule is CC1CN(CCCS(C)(=O)=O)CCC1O. The summed E-state index contributed by atoms with van der Waals surface area (Å²) >= 11 is 0. The van der Waals surface area contributed by atoms with Crippen molar-refractivity contribution in [3.05, 3.63) is 0 Å². The van der Waals surface area contributed by atoms with Gasteiger partial charge in [-0.15, -0.1) is 0 Å². The third-order valence-corrected chi connectivity index (χ3v) is 3.96. The summed E-state index contributed by atoms with van der Waals surface area (Å²) in [5, 5.41) is 9.53. The third kappa shape index (κ3) is 4.95. The van der Waals surface area contributed by atoms with Gasteiger partial charge in [0, 0.05) is 19.3 Å². The molecule has 0 bridgehead atoms. The molecule has 2 atom stereocenters. The Morgan fingerprint density at radius 2 is 2.13 bits per heavy atom. The summed E-state index contributed by atoms with van der Waals surface area (Å²) in [6, 6.07) is 0. The molecule has 4 nitrogen and oxygen atoms in total. The summed E-state index contributed by atoms with van der Waals surface area (Å²) < 4.78 is 21.9. The summed E-state index contributed by atoms with van der Waals surface area (Å²) in [7, 11) is -2.83. The minimum atomic E-state index is -2.83. The van der Waals surface area contributed by atoms with Gasteiger partial charge in [0.15, 0.2) is 0 Å². The molecule has 0 radical (unpaired) electrons. The zero-order chi connectivity index (χ0) is 11.5. The van der Waals surface area contributed by atoms with Crippen LogP contribution in [-0.2, 0) is 9.84 Å². The van der Waals surface area contributed by atoms with Crippen molar-refractivity contribution in [2.45, 2.75) is 25.9 Å². The van der Waals surface area contributed by atoms with E-state index in [1.54, 1.807) is 0 Å². The van der Waals surface area contributed by atoms with Gasteiger partial charge in [-0.2, -0.15) is 0 Å². The van der Waals surface area contributed by atoms with E-state index in [-0.39, 0.29) is 11.9 Å². The molecular formula is C10H21NO3S. The number of hydrogen-bond donors (Lipinski definition) is 1. The van der Waals surface area contributed by atoms with Gasteiger partial charge in [0.25, 0.3) is 0 Å². The highest BCUT2D eigenvalue weighted by atomic mass is 32.2. The molecule has 1 aliphatic rings. The Morgan fingerprint density at radius 3 is 2.67 bits per heavy atom. The number of aliphatic hydroxyl groups excluding tert-OH is 1. The first kappa shape index (κ1) is 12.9. The van der Waals surface area contributed by atoms with Gasteiger partial charge in [-0.3, -0.25) is 0 Å². The summed E-state index contributed by atoms with van der Waals surface area (Å²) in [6.07, 6.45) is 2.59. The number of rotatable bonds is 4. The van der Waals surface area contributed by atoms with Crippen LogP contribution in [0.3, 0.4) is 0 Å². The van der Waals surface area contributed by atoms with E-state index >= 15 is 0 Å². The first-order valence-corrected chi connectivity index (χ1v) is 7.52. The number of likely N-dealkylation sites (tertiary alicyclic amines) is 1. The summed E-state index contributed by atoms with van der Waals surface area (Å²) in [5.41, 5.74) is 0. The van der Waals surface area contributed by atoms with Crippen LogP contribution in [0.25, 0.3) is 0 Å². The number of sulfone groups is 1. The highest BCUT2D eigenvalue weighted by Crippen LogP contribution is 2.16. The maximum atomic E-state index is 10.9. The molecule has 0 saturated carbocycles. The van der Waals surface area contributed by atoms with E-state index < -0.39 is 9.84 Å². The van der Waals surface area contributed by atoms with E-state index in [0.29, 0.717) is 12.3 Å². The van der Waals surface area contributed by atoms with E-state index in [4.69, 9.17) is 0 Å². The summed E-state index contributed by atoms with van der Waals surface area (Å²) in [6.45, 7) is 4.62. The number of nitrogens with zero attached hydrogens (tertiary/aromatic N) is 1. The van der Waals surface area contributed by atoms with Crippen LogP contribution in [-0.4, -0.2) is 56.2 Å². The molecule has 1 heterocycles. The lowest BCUT2D eigenvalue weighted by atomic mass is 9.97. The van der Waals surface area contributed by atoms with Crippen LogP contribution >= 0.6 is 0 Å². The van der Waals surface area contributed by atoms with Crippen LogP contribution in [0.1, 0.15) is 19.8 Å². The van der Waals surface area contributed by atoms with Gasteiger partial charge >= 0.3 is 0 Å². The van der Waals surface area contributed by atoms with Crippen molar-refractivity contribution < 1.29 is 13.5 Å². The first-order chi connectivity index (χ1) is 6.88. The molecule has 1 N–H and O–H groups in total. The standard InChI is InChI=1S/C10H21NO3S/c1-9-8-11(6-4-10(9)12)5-3-7-15(2,13)14/h9-10,12H,3-8H2,1-2H3. The Labute approximate surface area is 92.2 Å². The average molecular weight is 235 g/mol. The first-order valence-electron chi connectivity index (χ1n) is 5.46. The predicted molar refractivity (Wildman–Crippen MR) is 60.6 cm³/mol. The molecule has 5 heteroatoms. The predicted octanol–water partition coefficient (Wildman–Crippen LogP) is 0.124. The normalized spacial score (nSPS) is 29.3. The van der Waals surface area contributed by atoms with Crippen molar-refractivity contribution in [1.29, 1.82) is 0 Å². The Hall–Kier alpha value is -0.130. The lowest BCUT2D eigenvalue weighted by Gasteiger charge is -2.34. The smallest absolute Gasteiger partial charge is 0.147 e. The van der Waals surface area contributed by atoms with Crippen LogP contribution in [0.4, 0.5) is 0 Å². The van der Waals surface area contributed by atoms with Crippen molar-refractivity contribution in [3.8, 4) is 0 Å². The Balaban J connectivity index is 2.23. The largest absolute Gasteiger partial charge is 0.393 e. The quantitative estimate of drug-likeness (QED) is 0.752. The van der Waals surface area contributed by atoms with Crippen molar-refractivity contribution in [2.24, 2.45) is 5.92 Å². The fraction of sp³-hybridized carbons (Fsp3) is 1.00. The van der Waals surface area contributed by atoms with E-state index in [0.717, 1.165) is 26.1 Å². The molecule has 1 rings (SSSR count). The van der Waals surface area contributed by atoms with Crippen molar-refractivity contribution in [2.75, 3.05) is 31.6 Å². The highest BCUT2D eigenvalue weighted by molar-refractivity contribution is 7.90. The summed E-state index contributed by atoms with van der Waals surface area (Å²) in [5.74, 6) is 0.567. The van der Waals surface area contributed by atoms with Crippen molar-refractivity contribution in [3.63, 3.8) is 0 Å². The monoisotopic (exact) mass is 235 g/mol. The molecule has 2 unspecified atom stereocenters. The molecule has 15 heavy (non-hydrogen) atoms. The molecule has 0 aromatic rings. The fourth-order valence-electron chi connectivity index (χ4n) is 1.97. The van der Waals surface area contributed by atoms with Crippen LogP contribution in [0.2, 0.25) is 0 Å². The highest BCUT2D eigenvalue weighted by Gasteiger charge is 2.23. The second-order valence-corrected chi connectivity index (χ2v) is 6.88. The molecule has 0 aromatic heterocycles. The lowest BCUT2D eigenvalue weighted by Crippen LogP contribution is -2.42. The molecule has 0 spiro atoms. The van der Waals surface area contributed by atoms with E-state index in [9.17, 15) is 13.5 Å². The van der Waals surface area contributed by atoms with Crippen LogP contribution in [0.5, 0.6) is 0 Å². The zero-order valence-corrected chi connectivity index (χ0v) is 10.3. The van der Waals surface area contributed by atoms with Crippen LogP contribution < -0.4 is 0 Å². The minimum Gasteiger partial charge on any atom is -0.393 e. The van der Waals surface area contributed by atoms with Crippen molar-refractivity contribution in [1.82, 2.24) is 4.90 Å². The van der Waals surface area contributed by atoms with Gasteiger partial charge < -0.3 is 10.0 Å². The molecule has 0 aliphatic carbocycles. The van der Waals surface area contributed by atoms with Crippen LogP contribution in [0, 0.1) is 5.92 Å². The fourth-order valence-corrected chi connectivity index (χ4v) is 2.63. The number of aliphatic hydroxyl groups is 1. The van der Waals surface area contributed by atoms with Gasteiger partial charge in [0.05, 0.1) is 11.9 Å². The molecular weight excluding hydrogens is 214 g/mol. The summed E-state index contributed by atoms with van der Waals surface area (Å²) in [4.78, 5) is 2.24.